The van der Waals surface area contributed by atoms with Crippen molar-refractivity contribution in [2.75, 3.05) is 11.9 Å². The number of nitrogens with one attached hydrogen (secondary N) is 2. The summed E-state index contributed by atoms with van der Waals surface area (Å²) in [6.45, 7) is 2.51. The summed E-state index contributed by atoms with van der Waals surface area (Å²) in [5.74, 6) is 1.02. The first kappa shape index (κ1) is 14.7. The van der Waals surface area contributed by atoms with Crippen LogP contribution in [0, 0.1) is 0 Å². The first-order chi connectivity index (χ1) is 11.3. The van der Waals surface area contributed by atoms with Gasteiger partial charge in [0.1, 0.15) is 5.75 Å². The Labute approximate surface area is 132 Å². The van der Waals surface area contributed by atoms with Crippen molar-refractivity contribution in [3.8, 4) is 17.1 Å². The molecule has 3 rings (SSSR count). The number of carbonyl (C=O) groups is 1. The van der Waals surface area contributed by atoms with Crippen LogP contribution in [0.2, 0.25) is 0 Å². The molecule has 1 aromatic heterocycles. The minimum atomic E-state index is -0.196. The summed E-state index contributed by atoms with van der Waals surface area (Å²) in [7, 11) is 0. The fourth-order valence-electron chi connectivity index (χ4n) is 2.09. The van der Waals surface area contributed by atoms with Gasteiger partial charge in [-0.05, 0) is 48.5 Å². The number of aromatic nitrogens is 4. The van der Waals surface area contributed by atoms with Crippen molar-refractivity contribution >= 4 is 11.6 Å². The third-order valence-corrected chi connectivity index (χ3v) is 3.15. The van der Waals surface area contributed by atoms with E-state index in [1.807, 2.05) is 19.1 Å². The molecule has 0 saturated carbocycles. The highest BCUT2D eigenvalue weighted by molar-refractivity contribution is 6.04. The van der Waals surface area contributed by atoms with Crippen LogP contribution in [0.4, 0.5) is 5.69 Å². The predicted molar refractivity (Wildman–Crippen MR) is 85.2 cm³/mol. The summed E-state index contributed by atoms with van der Waals surface area (Å²) < 4.78 is 5.36. The maximum atomic E-state index is 12.3. The van der Waals surface area contributed by atoms with Crippen molar-refractivity contribution in [3.05, 3.63) is 54.1 Å². The van der Waals surface area contributed by atoms with Gasteiger partial charge in [0.25, 0.3) is 5.91 Å². The number of carbonyl (C=O) groups excluding carboxylic acids is 1. The second-order valence-corrected chi connectivity index (χ2v) is 4.73. The molecule has 0 spiro atoms. The minimum Gasteiger partial charge on any atom is -0.494 e. The Bertz CT molecular complexity index is 784. The van der Waals surface area contributed by atoms with Gasteiger partial charge < -0.3 is 10.1 Å². The van der Waals surface area contributed by atoms with Crippen LogP contribution in [0.3, 0.4) is 0 Å². The van der Waals surface area contributed by atoms with E-state index in [4.69, 9.17) is 4.74 Å². The van der Waals surface area contributed by atoms with Gasteiger partial charge in [0.15, 0.2) is 0 Å². The van der Waals surface area contributed by atoms with Crippen LogP contribution < -0.4 is 10.1 Å². The largest absolute Gasteiger partial charge is 0.494 e. The van der Waals surface area contributed by atoms with Gasteiger partial charge in [-0.3, -0.25) is 4.79 Å². The number of benzene rings is 2. The van der Waals surface area contributed by atoms with Crippen LogP contribution >= 0.6 is 0 Å². The van der Waals surface area contributed by atoms with Crippen molar-refractivity contribution in [3.63, 3.8) is 0 Å². The monoisotopic (exact) mass is 309 g/mol. The highest BCUT2D eigenvalue weighted by Crippen LogP contribution is 2.19. The van der Waals surface area contributed by atoms with Crippen molar-refractivity contribution in [2.24, 2.45) is 0 Å². The number of H-pyrrole nitrogens is 1. The van der Waals surface area contributed by atoms with E-state index < -0.39 is 0 Å². The molecule has 1 heterocycles. The summed E-state index contributed by atoms with van der Waals surface area (Å²) in [5.41, 5.74) is 1.98. The standard InChI is InChI=1S/C16H15N5O2/c1-2-23-14-8-6-11(7-9-14)16(22)17-13-5-3-4-12(10-13)15-18-20-21-19-15/h3-10H,2H2,1H3,(H,17,22)(H,18,19,20,21). The number of rotatable bonds is 5. The van der Waals surface area contributed by atoms with E-state index in [2.05, 4.69) is 25.9 Å². The first-order valence-electron chi connectivity index (χ1n) is 7.14. The highest BCUT2D eigenvalue weighted by Gasteiger charge is 2.08. The lowest BCUT2D eigenvalue weighted by molar-refractivity contribution is 0.102. The Morgan fingerprint density at radius 1 is 1.22 bits per heavy atom. The van der Waals surface area contributed by atoms with E-state index >= 15 is 0 Å². The lowest BCUT2D eigenvalue weighted by Gasteiger charge is -2.07. The van der Waals surface area contributed by atoms with E-state index in [1.54, 1.807) is 36.4 Å². The number of nitrogens with zero attached hydrogens (tertiary/aromatic N) is 3. The third-order valence-electron chi connectivity index (χ3n) is 3.15. The zero-order valence-corrected chi connectivity index (χ0v) is 12.5. The SMILES string of the molecule is CCOc1ccc(C(=O)Nc2cccc(-c3nn[nH]n3)c2)cc1. The molecule has 0 aliphatic carbocycles. The van der Waals surface area contributed by atoms with Crippen molar-refractivity contribution in [2.45, 2.75) is 6.92 Å². The summed E-state index contributed by atoms with van der Waals surface area (Å²) in [4.78, 5) is 12.3. The van der Waals surface area contributed by atoms with Crippen molar-refractivity contribution < 1.29 is 9.53 Å². The third kappa shape index (κ3) is 3.52. The molecular formula is C16H15N5O2. The summed E-state index contributed by atoms with van der Waals surface area (Å²) in [6, 6.07) is 14.2. The predicted octanol–water partition coefficient (Wildman–Crippen LogP) is 2.52. The molecule has 0 unspecified atom stereocenters. The Balaban J connectivity index is 1.73. The van der Waals surface area contributed by atoms with Gasteiger partial charge in [-0.15, -0.1) is 10.2 Å². The van der Waals surface area contributed by atoms with E-state index in [9.17, 15) is 4.79 Å². The lowest BCUT2D eigenvalue weighted by atomic mass is 10.1. The van der Waals surface area contributed by atoms with Crippen LogP contribution in [0.25, 0.3) is 11.4 Å². The smallest absolute Gasteiger partial charge is 0.255 e. The normalized spacial score (nSPS) is 10.3. The van der Waals surface area contributed by atoms with Gasteiger partial charge >= 0.3 is 0 Å². The van der Waals surface area contributed by atoms with Crippen LogP contribution in [0.5, 0.6) is 5.75 Å². The van der Waals surface area contributed by atoms with E-state index in [0.717, 1.165) is 11.3 Å². The molecule has 3 aromatic rings. The maximum absolute atomic E-state index is 12.3. The van der Waals surface area contributed by atoms with Gasteiger partial charge in [0, 0.05) is 16.8 Å². The Morgan fingerprint density at radius 2 is 2.04 bits per heavy atom. The molecule has 23 heavy (non-hydrogen) atoms. The second-order valence-electron chi connectivity index (χ2n) is 4.73. The Hall–Kier alpha value is -3.22. The fourth-order valence-corrected chi connectivity index (χ4v) is 2.09. The van der Waals surface area contributed by atoms with Crippen LogP contribution in [0.15, 0.2) is 48.5 Å². The molecule has 0 aliphatic rings. The zero-order chi connectivity index (χ0) is 16.1. The first-order valence-corrected chi connectivity index (χ1v) is 7.14. The quantitative estimate of drug-likeness (QED) is 0.755. The average molecular weight is 309 g/mol. The number of ether oxygens (including phenoxy) is 1. The minimum absolute atomic E-state index is 0.196. The molecule has 7 heteroatoms. The molecule has 0 bridgehead atoms. The number of anilines is 1. The Morgan fingerprint density at radius 3 is 2.74 bits per heavy atom. The van der Waals surface area contributed by atoms with Crippen molar-refractivity contribution in [1.82, 2.24) is 20.6 Å². The lowest BCUT2D eigenvalue weighted by Crippen LogP contribution is -2.11. The molecule has 0 atom stereocenters. The van der Waals surface area contributed by atoms with Gasteiger partial charge in [-0.1, -0.05) is 12.1 Å². The molecule has 0 saturated heterocycles. The van der Waals surface area contributed by atoms with E-state index in [1.165, 1.54) is 0 Å². The Kier molecular flexibility index (Phi) is 4.28. The maximum Gasteiger partial charge on any atom is 0.255 e. The second kappa shape index (κ2) is 6.69. The molecule has 2 N–H and O–H groups in total. The molecular weight excluding hydrogens is 294 g/mol. The molecule has 1 amide bonds. The summed E-state index contributed by atoms with van der Waals surface area (Å²) in [6.07, 6.45) is 0. The number of amides is 1. The highest BCUT2D eigenvalue weighted by atomic mass is 16.5. The molecule has 0 fully saturated rings. The summed E-state index contributed by atoms with van der Waals surface area (Å²) >= 11 is 0. The molecule has 0 aliphatic heterocycles. The average Bonchev–Trinajstić information content (AvgIpc) is 3.11. The van der Waals surface area contributed by atoms with E-state index in [0.29, 0.717) is 23.7 Å². The van der Waals surface area contributed by atoms with Crippen LogP contribution in [-0.4, -0.2) is 33.1 Å². The molecule has 2 aromatic carbocycles. The fraction of sp³-hybridized carbons (Fsp3) is 0.125. The molecule has 7 nitrogen and oxygen atoms in total. The number of hydrogen-bond acceptors (Lipinski definition) is 5. The summed E-state index contributed by atoms with van der Waals surface area (Å²) in [5, 5.41) is 16.6. The van der Waals surface area contributed by atoms with Gasteiger partial charge in [0.05, 0.1) is 6.61 Å². The zero-order valence-electron chi connectivity index (χ0n) is 12.5. The molecule has 116 valence electrons. The van der Waals surface area contributed by atoms with Gasteiger partial charge in [0.2, 0.25) is 5.82 Å². The number of hydrogen-bond donors (Lipinski definition) is 2. The van der Waals surface area contributed by atoms with Crippen molar-refractivity contribution in [1.29, 1.82) is 0 Å². The van der Waals surface area contributed by atoms with Crippen LogP contribution in [0.1, 0.15) is 17.3 Å². The van der Waals surface area contributed by atoms with Gasteiger partial charge in [-0.25, -0.2) is 0 Å². The topological polar surface area (TPSA) is 92.8 Å². The van der Waals surface area contributed by atoms with E-state index in [-0.39, 0.29) is 5.91 Å². The van der Waals surface area contributed by atoms with Gasteiger partial charge in [-0.2, -0.15) is 5.21 Å². The number of tetrazole rings is 1. The van der Waals surface area contributed by atoms with Crippen LogP contribution in [-0.2, 0) is 0 Å². The molecule has 0 radical (unpaired) electrons. The number of aromatic amines is 1.